The third kappa shape index (κ3) is 4.46. The topological polar surface area (TPSA) is 81.8 Å². The predicted octanol–water partition coefficient (Wildman–Crippen LogP) is 2.32. The van der Waals surface area contributed by atoms with Gasteiger partial charge in [0, 0.05) is 12.2 Å². The van der Waals surface area contributed by atoms with Crippen LogP contribution >= 0.6 is 0 Å². The Kier molecular flexibility index (Phi) is 5.57. The van der Waals surface area contributed by atoms with Gasteiger partial charge in [0.05, 0.1) is 23.8 Å². The Morgan fingerprint density at radius 2 is 1.83 bits per heavy atom. The first kappa shape index (κ1) is 19.1. The molecule has 3 amide bonds. The summed E-state index contributed by atoms with van der Waals surface area (Å²) in [6.45, 7) is 1.51. The van der Waals surface area contributed by atoms with Gasteiger partial charge in [-0.1, -0.05) is 30.3 Å². The Balaban J connectivity index is 1.39. The molecule has 2 aromatic carbocycles. The molecule has 4 rings (SSSR count). The van der Waals surface area contributed by atoms with Gasteiger partial charge in [0.1, 0.15) is 6.54 Å². The molecular formula is C22H24N4O3. The molecule has 1 atom stereocenters. The minimum absolute atomic E-state index is 0.0155. The number of carbonyl (C=O) groups is 3. The van der Waals surface area contributed by atoms with Crippen LogP contribution in [-0.2, 0) is 14.4 Å². The van der Waals surface area contributed by atoms with Crippen molar-refractivity contribution in [3.05, 3.63) is 54.6 Å². The molecule has 2 aliphatic rings. The van der Waals surface area contributed by atoms with E-state index in [2.05, 4.69) is 10.6 Å². The maximum atomic E-state index is 12.9. The van der Waals surface area contributed by atoms with E-state index in [1.165, 1.54) is 4.90 Å². The highest BCUT2D eigenvalue weighted by atomic mass is 16.2. The standard InChI is InChI=1S/C22H24N4O3/c27-20-14-26(19-11-5-4-10-18(19)24-20)21(28)15-25-12-6-7-16(13-25)22(29)23-17-8-2-1-3-9-17/h1-5,8-11,16H,6-7,12-15H2,(H,23,29)(H,24,27)/t16-/m1/s1. The quantitative estimate of drug-likeness (QED) is 0.837. The Morgan fingerprint density at radius 3 is 2.66 bits per heavy atom. The molecule has 2 aliphatic heterocycles. The molecule has 0 radical (unpaired) electrons. The van der Waals surface area contributed by atoms with Crippen LogP contribution in [-0.4, -0.2) is 48.8 Å². The number of rotatable bonds is 4. The molecule has 2 N–H and O–H groups in total. The first-order valence-electron chi connectivity index (χ1n) is 9.87. The second kappa shape index (κ2) is 8.45. The molecule has 0 aromatic heterocycles. The summed E-state index contributed by atoms with van der Waals surface area (Å²) in [5, 5.41) is 5.75. The van der Waals surface area contributed by atoms with E-state index in [1.807, 2.05) is 53.4 Å². The van der Waals surface area contributed by atoms with Crippen molar-refractivity contribution in [1.29, 1.82) is 0 Å². The van der Waals surface area contributed by atoms with Crippen LogP contribution in [0, 0.1) is 5.92 Å². The minimum atomic E-state index is -0.198. The van der Waals surface area contributed by atoms with E-state index in [4.69, 9.17) is 0 Å². The summed E-state index contributed by atoms with van der Waals surface area (Å²) in [6.07, 6.45) is 1.66. The van der Waals surface area contributed by atoms with Crippen LogP contribution in [0.25, 0.3) is 0 Å². The lowest BCUT2D eigenvalue weighted by atomic mass is 9.97. The number of fused-ring (bicyclic) bond motifs is 1. The monoisotopic (exact) mass is 392 g/mol. The average molecular weight is 392 g/mol. The number of para-hydroxylation sites is 3. The molecule has 7 heteroatoms. The lowest BCUT2D eigenvalue weighted by Gasteiger charge is -2.34. The van der Waals surface area contributed by atoms with Gasteiger partial charge in [0.25, 0.3) is 0 Å². The fraction of sp³-hybridized carbons (Fsp3) is 0.318. The van der Waals surface area contributed by atoms with Gasteiger partial charge >= 0.3 is 0 Å². The van der Waals surface area contributed by atoms with E-state index in [-0.39, 0.29) is 36.7 Å². The van der Waals surface area contributed by atoms with Crippen molar-refractivity contribution in [2.45, 2.75) is 12.8 Å². The van der Waals surface area contributed by atoms with Gasteiger partial charge in [0.2, 0.25) is 17.7 Å². The zero-order valence-corrected chi connectivity index (χ0v) is 16.1. The van der Waals surface area contributed by atoms with Crippen LogP contribution in [0.15, 0.2) is 54.6 Å². The molecule has 2 aromatic rings. The Hall–Kier alpha value is -3.19. The molecule has 29 heavy (non-hydrogen) atoms. The fourth-order valence-electron chi connectivity index (χ4n) is 3.91. The molecule has 2 heterocycles. The molecule has 0 spiro atoms. The van der Waals surface area contributed by atoms with Crippen LogP contribution in [0.4, 0.5) is 17.1 Å². The zero-order valence-electron chi connectivity index (χ0n) is 16.1. The van der Waals surface area contributed by atoms with Gasteiger partial charge < -0.3 is 10.6 Å². The lowest BCUT2D eigenvalue weighted by Crippen LogP contribution is -2.49. The maximum absolute atomic E-state index is 12.9. The molecule has 1 fully saturated rings. The number of carbonyl (C=O) groups excluding carboxylic acids is 3. The van der Waals surface area contributed by atoms with Gasteiger partial charge in [-0.3, -0.25) is 24.2 Å². The highest BCUT2D eigenvalue weighted by Gasteiger charge is 2.31. The summed E-state index contributed by atoms with van der Waals surface area (Å²) < 4.78 is 0. The SMILES string of the molecule is O=C1CN(C(=O)CN2CCC[C@@H](C(=O)Nc3ccccc3)C2)c2ccccc2N1. The largest absolute Gasteiger partial charge is 0.326 e. The van der Waals surface area contributed by atoms with Gasteiger partial charge in [-0.15, -0.1) is 0 Å². The summed E-state index contributed by atoms with van der Waals surface area (Å²) in [5.41, 5.74) is 2.14. The fourth-order valence-corrected chi connectivity index (χ4v) is 3.91. The van der Waals surface area contributed by atoms with Crippen LogP contribution < -0.4 is 15.5 Å². The maximum Gasteiger partial charge on any atom is 0.244 e. The second-order valence-electron chi connectivity index (χ2n) is 7.47. The highest BCUT2D eigenvalue weighted by molar-refractivity contribution is 6.10. The molecule has 1 saturated heterocycles. The van der Waals surface area contributed by atoms with E-state index in [9.17, 15) is 14.4 Å². The van der Waals surface area contributed by atoms with Crippen molar-refractivity contribution in [2.75, 3.05) is 41.7 Å². The van der Waals surface area contributed by atoms with Gasteiger partial charge in [0.15, 0.2) is 0 Å². The van der Waals surface area contributed by atoms with E-state index >= 15 is 0 Å². The van der Waals surface area contributed by atoms with Crippen molar-refractivity contribution in [3.8, 4) is 0 Å². The molecule has 150 valence electrons. The number of nitrogens with zero attached hydrogens (tertiary/aromatic N) is 2. The zero-order chi connectivity index (χ0) is 20.2. The number of amides is 3. The third-order valence-electron chi connectivity index (χ3n) is 5.35. The van der Waals surface area contributed by atoms with Gasteiger partial charge in [-0.05, 0) is 43.7 Å². The Labute approximate surface area is 169 Å². The second-order valence-corrected chi connectivity index (χ2v) is 7.47. The Bertz CT molecular complexity index is 915. The van der Waals surface area contributed by atoms with E-state index in [0.717, 1.165) is 25.1 Å². The summed E-state index contributed by atoms with van der Waals surface area (Å²) >= 11 is 0. The van der Waals surface area contributed by atoms with E-state index in [0.29, 0.717) is 17.9 Å². The van der Waals surface area contributed by atoms with Crippen molar-refractivity contribution in [3.63, 3.8) is 0 Å². The summed E-state index contributed by atoms with van der Waals surface area (Å²) in [5.74, 6) is -0.503. The van der Waals surface area contributed by atoms with Crippen LogP contribution in [0.1, 0.15) is 12.8 Å². The average Bonchev–Trinajstić information content (AvgIpc) is 2.74. The first-order valence-corrected chi connectivity index (χ1v) is 9.87. The summed E-state index contributed by atoms with van der Waals surface area (Å²) in [4.78, 5) is 41.1. The van der Waals surface area contributed by atoms with Crippen molar-refractivity contribution in [2.24, 2.45) is 5.92 Å². The van der Waals surface area contributed by atoms with Crippen LogP contribution in [0.5, 0.6) is 0 Å². The number of anilines is 3. The summed E-state index contributed by atoms with van der Waals surface area (Å²) in [6, 6.07) is 16.7. The normalized spacial score (nSPS) is 19.2. The van der Waals surface area contributed by atoms with Crippen molar-refractivity contribution in [1.82, 2.24) is 4.90 Å². The lowest BCUT2D eigenvalue weighted by molar-refractivity contribution is -0.125. The van der Waals surface area contributed by atoms with Gasteiger partial charge in [-0.25, -0.2) is 0 Å². The smallest absolute Gasteiger partial charge is 0.244 e. The number of hydrogen-bond acceptors (Lipinski definition) is 4. The number of nitrogens with one attached hydrogen (secondary N) is 2. The number of benzene rings is 2. The molecule has 0 aliphatic carbocycles. The first-order chi connectivity index (χ1) is 14.1. The van der Waals surface area contributed by atoms with E-state index < -0.39 is 0 Å². The molecule has 7 nitrogen and oxygen atoms in total. The number of piperidine rings is 1. The highest BCUT2D eigenvalue weighted by Crippen LogP contribution is 2.29. The van der Waals surface area contributed by atoms with Crippen LogP contribution in [0.2, 0.25) is 0 Å². The number of likely N-dealkylation sites (tertiary alicyclic amines) is 1. The summed E-state index contributed by atoms with van der Waals surface area (Å²) in [7, 11) is 0. The van der Waals surface area contributed by atoms with Gasteiger partial charge in [-0.2, -0.15) is 0 Å². The third-order valence-corrected chi connectivity index (χ3v) is 5.35. The molecule has 0 bridgehead atoms. The number of hydrogen-bond donors (Lipinski definition) is 2. The molecule has 0 unspecified atom stereocenters. The molecular weight excluding hydrogens is 368 g/mol. The van der Waals surface area contributed by atoms with Crippen molar-refractivity contribution >= 4 is 34.8 Å². The van der Waals surface area contributed by atoms with E-state index in [1.54, 1.807) is 6.07 Å². The predicted molar refractivity (Wildman–Crippen MR) is 112 cm³/mol. The Morgan fingerprint density at radius 1 is 1.07 bits per heavy atom. The minimum Gasteiger partial charge on any atom is -0.326 e. The van der Waals surface area contributed by atoms with Crippen LogP contribution in [0.3, 0.4) is 0 Å². The molecule has 0 saturated carbocycles. The van der Waals surface area contributed by atoms with Crippen molar-refractivity contribution < 1.29 is 14.4 Å².